The Morgan fingerprint density at radius 2 is 1.85 bits per heavy atom. The Morgan fingerprint density at radius 3 is 2.65 bits per heavy atom. The Kier molecular flexibility index (Phi) is 4.46. The summed E-state index contributed by atoms with van der Waals surface area (Å²) < 4.78 is 0.964. The Labute approximate surface area is 159 Å². The van der Waals surface area contributed by atoms with Crippen molar-refractivity contribution < 1.29 is 4.79 Å². The van der Waals surface area contributed by atoms with E-state index < -0.39 is 0 Å². The average molecular weight is 404 g/mol. The second-order valence-corrected chi connectivity index (χ2v) is 6.69. The number of carbonyl (C=O) groups is 1. The van der Waals surface area contributed by atoms with E-state index in [9.17, 15) is 4.79 Å². The fourth-order valence-corrected chi connectivity index (χ4v) is 3.19. The molecule has 1 N–H and O–H groups in total. The number of rotatable bonds is 3. The highest BCUT2D eigenvalue weighted by Crippen LogP contribution is 2.27. The van der Waals surface area contributed by atoms with Crippen LogP contribution in [0.2, 0.25) is 0 Å². The third-order valence-electron chi connectivity index (χ3n) is 4.00. The highest BCUT2D eigenvalue weighted by Gasteiger charge is 2.14. The van der Waals surface area contributed by atoms with Crippen LogP contribution < -0.4 is 5.32 Å². The number of amides is 1. The Hall–Kier alpha value is -3.05. The summed E-state index contributed by atoms with van der Waals surface area (Å²) in [6, 6.07) is 20.9. The summed E-state index contributed by atoms with van der Waals surface area (Å²) in [5.74, 6) is -0.187. The van der Waals surface area contributed by atoms with Crippen LogP contribution in [0.15, 0.2) is 83.6 Å². The molecule has 0 saturated carbocycles. The van der Waals surface area contributed by atoms with Gasteiger partial charge in [-0.1, -0.05) is 46.3 Å². The summed E-state index contributed by atoms with van der Waals surface area (Å²) in [5.41, 5.74) is 3.71. The second-order valence-electron chi connectivity index (χ2n) is 5.78. The molecule has 126 valence electrons. The van der Waals surface area contributed by atoms with Crippen LogP contribution in [0.4, 0.5) is 5.69 Å². The molecule has 0 aliphatic heterocycles. The number of nitrogens with one attached hydrogen (secondary N) is 1. The SMILES string of the molecule is O=C(Nc1cccnc1)c1cc(-c2cccc(Br)c2)nc2ccccc12. The average Bonchev–Trinajstić information content (AvgIpc) is 2.68. The van der Waals surface area contributed by atoms with E-state index in [1.165, 1.54) is 0 Å². The molecule has 0 bridgehead atoms. The fourth-order valence-electron chi connectivity index (χ4n) is 2.79. The van der Waals surface area contributed by atoms with E-state index in [1.54, 1.807) is 18.5 Å². The molecule has 0 spiro atoms. The van der Waals surface area contributed by atoms with Crippen molar-refractivity contribution in [3.8, 4) is 11.3 Å². The van der Waals surface area contributed by atoms with Crippen molar-refractivity contribution in [2.75, 3.05) is 5.32 Å². The predicted molar refractivity (Wildman–Crippen MR) is 107 cm³/mol. The zero-order valence-electron chi connectivity index (χ0n) is 13.7. The zero-order chi connectivity index (χ0) is 17.9. The molecule has 0 radical (unpaired) electrons. The van der Waals surface area contributed by atoms with Crippen LogP contribution in [0, 0.1) is 0 Å². The second kappa shape index (κ2) is 7.06. The monoisotopic (exact) mass is 403 g/mol. The van der Waals surface area contributed by atoms with Gasteiger partial charge in [-0.15, -0.1) is 0 Å². The van der Waals surface area contributed by atoms with Crippen molar-refractivity contribution in [2.24, 2.45) is 0 Å². The van der Waals surface area contributed by atoms with Crippen LogP contribution in [0.3, 0.4) is 0 Å². The summed E-state index contributed by atoms with van der Waals surface area (Å²) in [6.07, 6.45) is 3.29. The quantitative estimate of drug-likeness (QED) is 0.504. The van der Waals surface area contributed by atoms with Gasteiger partial charge >= 0.3 is 0 Å². The van der Waals surface area contributed by atoms with Gasteiger partial charge in [0.25, 0.3) is 5.91 Å². The van der Waals surface area contributed by atoms with E-state index in [0.29, 0.717) is 11.3 Å². The van der Waals surface area contributed by atoms with Crippen LogP contribution in [0.25, 0.3) is 22.2 Å². The zero-order valence-corrected chi connectivity index (χ0v) is 15.3. The Bertz CT molecular complexity index is 1100. The number of pyridine rings is 2. The van der Waals surface area contributed by atoms with Crippen molar-refractivity contribution in [3.05, 3.63) is 89.2 Å². The molecule has 0 aliphatic rings. The first kappa shape index (κ1) is 16.4. The van der Waals surface area contributed by atoms with Crippen LogP contribution in [-0.2, 0) is 0 Å². The van der Waals surface area contributed by atoms with Crippen molar-refractivity contribution in [2.45, 2.75) is 0 Å². The van der Waals surface area contributed by atoms with Crippen molar-refractivity contribution in [3.63, 3.8) is 0 Å². The molecule has 26 heavy (non-hydrogen) atoms. The molecule has 2 heterocycles. The summed E-state index contributed by atoms with van der Waals surface area (Å²) in [7, 11) is 0. The van der Waals surface area contributed by atoms with Gasteiger partial charge in [0.2, 0.25) is 0 Å². The first-order valence-electron chi connectivity index (χ1n) is 8.08. The number of aromatic nitrogens is 2. The molecule has 2 aromatic carbocycles. The normalized spacial score (nSPS) is 10.7. The molecule has 4 aromatic rings. The Balaban J connectivity index is 1.83. The highest BCUT2D eigenvalue weighted by atomic mass is 79.9. The van der Waals surface area contributed by atoms with Gasteiger partial charge in [0.15, 0.2) is 0 Å². The number of hydrogen-bond acceptors (Lipinski definition) is 3. The van der Waals surface area contributed by atoms with E-state index >= 15 is 0 Å². The van der Waals surface area contributed by atoms with E-state index in [0.717, 1.165) is 26.6 Å². The number of carbonyl (C=O) groups excluding carboxylic acids is 1. The maximum atomic E-state index is 12.9. The molecule has 0 atom stereocenters. The van der Waals surface area contributed by atoms with Gasteiger partial charge in [0, 0.05) is 21.6 Å². The van der Waals surface area contributed by atoms with E-state index in [-0.39, 0.29) is 5.91 Å². The van der Waals surface area contributed by atoms with Crippen LogP contribution >= 0.6 is 15.9 Å². The summed E-state index contributed by atoms with van der Waals surface area (Å²) >= 11 is 3.49. The van der Waals surface area contributed by atoms with Crippen molar-refractivity contribution >= 4 is 38.4 Å². The maximum absolute atomic E-state index is 12.9. The molecule has 1 amide bonds. The lowest BCUT2D eigenvalue weighted by atomic mass is 10.0. The third-order valence-corrected chi connectivity index (χ3v) is 4.49. The van der Waals surface area contributed by atoms with Gasteiger partial charge in [-0.2, -0.15) is 0 Å². The van der Waals surface area contributed by atoms with Crippen molar-refractivity contribution in [1.82, 2.24) is 9.97 Å². The van der Waals surface area contributed by atoms with Gasteiger partial charge in [0.1, 0.15) is 0 Å². The molecule has 5 heteroatoms. The smallest absolute Gasteiger partial charge is 0.256 e. The van der Waals surface area contributed by atoms with Gasteiger partial charge < -0.3 is 5.32 Å². The number of hydrogen-bond donors (Lipinski definition) is 1. The lowest BCUT2D eigenvalue weighted by molar-refractivity contribution is 0.102. The van der Waals surface area contributed by atoms with Gasteiger partial charge in [-0.05, 0) is 36.4 Å². The topological polar surface area (TPSA) is 54.9 Å². The summed E-state index contributed by atoms with van der Waals surface area (Å²) in [4.78, 5) is 21.7. The van der Waals surface area contributed by atoms with E-state index in [1.807, 2.05) is 60.7 Å². The van der Waals surface area contributed by atoms with Crippen LogP contribution in [-0.4, -0.2) is 15.9 Å². The standard InChI is InChI=1S/C21H14BrN3O/c22-15-6-3-5-14(11-15)20-12-18(17-8-1-2-9-19(17)25-20)21(26)24-16-7-4-10-23-13-16/h1-13H,(H,24,26). The lowest BCUT2D eigenvalue weighted by Crippen LogP contribution is -2.13. The summed E-state index contributed by atoms with van der Waals surface area (Å²) in [6.45, 7) is 0. The van der Waals surface area contributed by atoms with E-state index in [2.05, 4.69) is 26.2 Å². The van der Waals surface area contributed by atoms with Gasteiger partial charge in [-0.25, -0.2) is 4.98 Å². The molecule has 0 unspecified atom stereocenters. The third kappa shape index (κ3) is 3.34. The number of anilines is 1. The Morgan fingerprint density at radius 1 is 0.962 bits per heavy atom. The largest absolute Gasteiger partial charge is 0.321 e. The number of para-hydroxylation sites is 1. The minimum absolute atomic E-state index is 0.187. The molecular formula is C21H14BrN3O. The van der Waals surface area contributed by atoms with Crippen LogP contribution in [0.1, 0.15) is 10.4 Å². The summed E-state index contributed by atoms with van der Waals surface area (Å²) in [5, 5.41) is 3.71. The number of fused-ring (bicyclic) bond motifs is 1. The molecule has 0 fully saturated rings. The molecular weight excluding hydrogens is 390 g/mol. The van der Waals surface area contributed by atoms with Gasteiger partial charge in [0.05, 0.1) is 28.7 Å². The number of halogens is 1. The van der Waals surface area contributed by atoms with Crippen LogP contribution in [0.5, 0.6) is 0 Å². The van der Waals surface area contributed by atoms with E-state index in [4.69, 9.17) is 4.98 Å². The first-order chi connectivity index (χ1) is 12.7. The minimum atomic E-state index is -0.187. The van der Waals surface area contributed by atoms with Gasteiger partial charge in [-0.3, -0.25) is 9.78 Å². The molecule has 4 rings (SSSR count). The van der Waals surface area contributed by atoms with Crippen molar-refractivity contribution in [1.29, 1.82) is 0 Å². The number of nitrogens with zero attached hydrogens (tertiary/aromatic N) is 2. The number of benzene rings is 2. The first-order valence-corrected chi connectivity index (χ1v) is 8.87. The molecule has 4 nitrogen and oxygen atoms in total. The highest BCUT2D eigenvalue weighted by molar-refractivity contribution is 9.10. The lowest BCUT2D eigenvalue weighted by Gasteiger charge is -2.11. The maximum Gasteiger partial charge on any atom is 0.256 e. The minimum Gasteiger partial charge on any atom is -0.321 e. The predicted octanol–water partition coefficient (Wildman–Crippen LogP) is 5.31. The fraction of sp³-hybridized carbons (Fsp3) is 0. The molecule has 2 aromatic heterocycles. The molecule has 0 saturated heterocycles. The molecule has 0 aliphatic carbocycles.